The minimum atomic E-state index is 0.0714. The average Bonchev–Trinajstić information content (AvgIpc) is 2.91. The van der Waals surface area contributed by atoms with Crippen LogP contribution in [0.4, 0.5) is 0 Å². The molecule has 5 heteroatoms. The number of rotatable bonds is 3. The Kier molecular flexibility index (Phi) is 3.04. The van der Waals surface area contributed by atoms with Crippen molar-refractivity contribution in [3.05, 3.63) is 47.0 Å². The van der Waals surface area contributed by atoms with E-state index in [9.17, 15) is 4.79 Å². The molecule has 1 unspecified atom stereocenters. The molecule has 5 nitrogen and oxygen atoms in total. The maximum Gasteiger partial charge on any atom is 0.256 e. The predicted octanol–water partition coefficient (Wildman–Crippen LogP) is 1.94. The fourth-order valence-corrected chi connectivity index (χ4v) is 2.71. The number of pyridine rings is 1. The van der Waals surface area contributed by atoms with Crippen molar-refractivity contribution in [1.82, 2.24) is 19.7 Å². The highest BCUT2D eigenvalue weighted by molar-refractivity contribution is 5.97. The zero-order valence-corrected chi connectivity index (χ0v) is 12.0. The minimum Gasteiger partial charge on any atom is -0.328 e. The molecule has 1 atom stereocenters. The predicted molar refractivity (Wildman–Crippen MR) is 75.3 cm³/mol. The zero-order valence-electron chi connectivity index (χ0n) is 12.0. The molecule has 3 heterocycles. The molecule has 1 amide bonds. The van der Waals surface area contributed by atoms with Gasteiger partial charge >= 0.3 is 0 Å². The molecular weight excluding hydrogens is 252 g/mol. The molecule has 2 aromatic heterocycles. The van der Waals surface area contributed by atoms with Gasteiger partial charge in [-0.15, -0.1) is 0 Å². The number of hydrogen-bond acceptors (Lipinski definition) is 3. The van der Waals surface area contributed by atoms with Gasteiger partial charge in [-0.25, -0.2) is 0 Å². The van der Waals surface area contributed by atoms with Crippen LogP contribution in [0.25, 0.3) is 0 Å². The molecule has 0 spiro atoms. The summed E-state index contributed by atoms with van der Waals surface area (Å²) in [5, 5.41) is 4.46. The van der Waals surface area contributed by atoms with E-state index in [0.717, 1.165) is 22.6 Å². The van der Waals surface area contributed by atoms with Crippen molar-refractivity contribution < 1.29 is 4.79 Å². The van der Waals surface area contributed by atoms with Crippen molar-refractivity contribution in [1.29, 1.82) is 0 Å². The summed E-state index contributed by atoms with van der Waals surface area (Å²) in [5.74, 6) is 0.0714. The number of nitrogens with zero attached hydrogens (tertiary/aromatic N) is 4. The number of aromatic nitrogens is 3. The summed E-state index contributed by atoms with van der Waals surface area (Å²) in [6.07, 6.45) is 1.74. The highest BCUT2D eigenvalue weighted by atomic mass is 16.2. The third kappa shape index (κ3) is 2.09. The number of amides is 1. The van der Waals surface area contributed by atoms with Gasteiger partial charge in [0.15, 0.2) is 0 Å². The largest absolute Gasteiger partial charge is 0.328 e. The van der Waals surface area contributed by atoms with E-state index >= 15 is 0 Å². The van der Waals surface area contributed by atoms with Crippen molar-refractivity contribution in [3.8, 4) is 0 Å². The monoisotopic (exact) mass is 270 g/mol. The number of carbonyl (C=O) groups excluding carboxylic acids is 1. The second-order valence-corrected chi connectivity index (χ2v) is 5.39. The number of carbonyl (C=O) groups is 1. The van der Waals surface area contributed by atoms with Gasteiger partial charge in [0.1, 0.15) is 0 Å². The van der Waals surface area contributed by atoms with E-state index in [0.29, 0.717) is 13.1 Å². The number of fused-ring (bicyclic) bond motifs is 1. The van der Waals surface area contributed by atoms with E-state index in [1.807, 2.05) is 35.6 Å². The van der Waals surface area contributed by atoms with Crippen LogP contribution in [0.1, 0.15) is 34.4 Å². The van der Waals surface area contributed by atoms with Crippen LogP contribution < -0.4 is 0 Å². The summed E-state index contributed by atoms with van der Waals surface area (Å²) in [5.41, 5.74) is 3.73. The Labute approximate surface area is 118 Å². The van der Waals surface area contributed by atoms with Crippen LogP contribution in [-0.2, 0) is 13.1 Å². The van der Waals surface area contributed by atoms with E-state index in [2.05, 4.69) is 23.1 Å². The summed E-state index contributed by atoms with van der Waals surface area (Å²) in [7, 11) is 0. The molecule has 3 rings (SSSR count). The van der Waals surface area contributed by atoms with Crippen LogP contribution in [0.5, 0.6) is 0 Å². The molecule has 0 N–H and O–H groups in total. The smallest absolute Gasteiger partial charge is 0.256 e. The first-order chi connectivity index (χ1) is 9.56. The fourth-order valence-electron chi connectivity index (χ4n) is 2.71. The van der Waals surface area contributed by atoms with Crippen LogP contribution in [-0.4, -0.2) is 31.6 Å². The molecule has 0 saturated carbocycles. The van der Waals surface area contributed by atoms with Crippen molar-refractivity contribution in [3.63, 3.8) is 0 Å². The third-order valence-corrected chi connectivity index (χ3v) is 3.77. The molecule has 20 heavy (non-hydrogen) atoms. The van der Waals surface area contributed by atoms with Crippen LogP contribution in [0.2, 0.25) is 0 Å². The first kappa shape index (κ1) is 12.8. The van der Waals surface area contributed by atoms with Crippen molar-refractivity contribution >= 4 is 5.91 Å². The van der Waals surface area contributed by atoms with Gasteiger partial charge in [-0.1, -0.05) is 0 Å². The van der Waals surface area contributed by atoms with Crippen LogP contribution >= 0.6 is 0 Å². The van der Waals surface area contributed by atoms with Crippen LogP contribution in [0, 0.1) is 13.8 Å². The summed E-state index contributed by atoms with van der Waals surface area (Å²) < 4.78 is 1.96. The van der Waals surface area contributed by atoms with Gasteiger partial charge in [0.2, 0.25) is 0 Å². The third-order valence-electron chi connectivity index (χ3n) is 3.77. The molecule has 0 fully saturated rings. The molecule has 0 radical (unpaired) electrons. The molecule has 0 saturated heterocycles. The Morgan fingerprint density at radius 2 is 2.20 bits per heavy atom. The molecule has 1 aliphatic heterocycles. The summed E-state index contributed by atoms with van der Waals surface area (Å²) >= 11 is 0. The van der Waals surface area contributed by atoms with E-state index in [1.165, 1.54) is 0 Å². The Morgan fingerprint density at radius 1 is 1.40 bits per heavy atom. The van der Waals surface area contributed by atoms with E-state index in [-0.39, 0.29) is 11.9 Å². The number of hydrogen-bond donors (Lipinski definition) is 0. The first-order valence-corrected chi connectivity index (χ1v) is 6.82. The lowest BCUT2D eigenvalue weighted by Crippen LogP contribution is -2.36. The van der Waals surface area contributed by atoms with E-state index < -0.39 is 0 Å². The second kappa shape index (κ2) is 4.74. The molecule has 0 aliphatic carbocycles. The van der Waals surface area contributed by atoms with Gasteiger partial charge in [0, 0.05) is 17.9 Å². The Morgan fingerprint density at radius 3 is 2.85 bits per heavy atom. The lowest BCUT2D eigenvalue weighted by molar-refractivity contribution is 0.0697. The van der Waals surface area contributed by atoms with Gasteiger partial charge in [0.25, 0.3) is 5.91 Å². The molecule has 0 bridgehead atoms. The van der Waals surface area contributed by atoms with E-state index in [4.69, 9.17) is 0 Å². The normalized spacial score (nSPS) is 15.6. The van der Waals surface area contributed by atoms with Crippen molar-refractivity contribution in [2.24, 2.45) is 0 Å². The molecule has 0 aromatic carbocycles. The van der Waals surface area contributed by atoms with Crippen LogP contribution in [0.15, 0.2) is 24.4 Å². The lowest BCUT2D eigenvalue weighted by atomic mass is 10.2. The highest BCUT2D eigenvalue weighted by Crippen LogP contribution is 2.23. The Hall–Kier alpha value is -2.17. The van der Waals surface area contributed by atoms with Gasteiger partial charge in [-0.3, -0.25) is 14.5 Å². The van der Waals surface area contributed by atoms with Gasteiger partial charge in [0.05, 0.1) is 30.0 Å². The fraction of sp³-hybridized carbons (Fsp3) is 0.400. The van der Waals surface area contributed by atoms with Crippen molar-refractivity contribution in [2.75, 3.05) is 0 Å². The second-order valence-electron chi connectivity index (χ2n) is 5.39. The Balaban J connectivity index is 1.78. The number of aryl methyl sites for hydroxylation is 2. The topological polar surface area (TPSA) is 51.0 Å². The molecule has 104 valence electrons. The zero-order chi connectivity index (χ0) is 14.3. The van der Waals surface area contributed by atoms with Gasteiger partial charge < -0.3 is 4.90 Å². The molecule has 1 aliphatic rings. The average molecular weight is 270 g/mol. The standard InChI is InChI=1S/C15H18N4O/c1-10-7-11(2)19(17-10)8-12(3)18-9-14-13(15(18)20)5-4-6-16-14/h4-7,12H,8-9H2,1-3H3. The SMILES string of the molecule is Cc1cc(C)n(CC(C)N2Cc3ncccc3C2=O)n1. The Bertz CT molecular complexity index is 662. The quantitative estimate of drug-likeness (QED) is 0.856. The van der Waals surface area contributed by atoms with Gasteiger partial charge in [-0.2, -0.15) is 5.10 Å². The molecule has 2 aromatic rings. The van der Waals surface area contributed by atoms with Gasteiger partial charge in [-0.05, 0) is 39.0 Å². The maximum atomic E-state index is 12.4. The summed E-state index contributed by atoms with van der Waals surface area (Å²) in [6, 6.07) is 5.80. The minimum absolute atomic E-state index is 0.0714. The summed E-state index contributed by atoms with van der Waals surface area (Å²) in [6.45, 7) is 7.37. The maximum absolute atomic E-state index is 12.4. The van der Waals surface area contributed by atoms with Crippen LogP contribution in [0.3, 0.4) is 0 Å². The first-order valence-electron chi connectivity index (χ1n) is 6.82. The van der Waals surface area contributed by atoms with Crippen molar-refractivity contribution in [2.45, 2.75) is 39.9 Å². The molecular formula is C15H18N4O. The lowest BCUT2D eigenvalue weighted by Gasteiger charge is -2.24. The summed E-state index contributed by atoms with van der Waals surface area (Å²) in [4.78, 5) is 18.5. The highest BCUT2D eigenvalue weighted by Gasteiger charge is 2.31. The van der Waals surface area contributed by atoms with E-state index in [1.54, 1.807) is 6.20 Å².